The molecule has 4 heteroatoms. The van der Waals surface area contributed by atoms with Gasteiger partial charge in [0.05, 0.1) is 6.61 Å². The molecule has 0 heterocycles. The molecule has 0 radical (unpaired) electrons. The molecule has 0 unspecified atom stereocenters. The lowest BCUT2D eigenvalue weighted by Crippen LogP contribution is -2.06. The lowest BCUT2D eigenvalue weighted by Gasteiger charge is -2.02. The molecule has 0 spiro atoms. The van der Waals surface area contributed by atoms with Gasteiger partial charge < -0.3 is 14.6 Å². The number of phenolic OH excluding ortho intramolecular Hbond substituents is 1. The molecule has 0 amide bonds. The first-order valence-corrected chi connectivity index (χ1v) is 5.27. The summed E-state index contributed by atoms with van der Waals surface area (Å²) >= 11 is 0. The molecule has 0 saturated heterocycles. The predicted octanol–water partition coefficient (Wildman–Crippen LogP) is 1.90. The zero-order valence-corrected chi connectivity index (χ0v) is 9.97. The lowest BCUT2D eigenvalue weighted by molar-refractivity contribution is -0.138. The Balaban J connectivity index is 2.55. The number of carbonyl (C=O) groups is 1. The first-order chi connectivity index (χ1) is 8.13. The second-order valence-corrected chi connectivity index (χ2v) is 3.53. The molecule has 1 N–H and O–H groups in total. The minimum Gasteiger partial charge on any atom is -0.508 e. The smallest absolute Gasteiger partial charge is 0.330 e. The van der Waals surface area contributed by atoms with E-state index in [1.165, 1.54) is 6.08 Å². The molecule has 17 heavy (non-hydrogen) atoms. The Labute approximate surface area is 100 Å². The highest BCUT2D eigenvalue weighted by atomic mass is 16.6. The van der Waals surface area contributed by atoms with Gasteiger partial charge in [0.15, 0.2) is 0 Å². The van der Waals surface area contributed by atoms with Crippen LogP contribution >= 0.6 is 0 Å². The summed E-state index contributed by atoms with van der Waals surface area (Å²) in [6.07, 6.45) is 3.01. The van der Waals surface area contributed by atoms with Crippen LogP contribution in [0, 0.1) is 6.92 Å². The monoisotopic (exact) mass is 236 g/mol. The Morgan fingerprint density at radius 1 is 1.41 bits per heavy atom. The number of carbonyl (C=O) groups excluding carboxylic acids is 1. The fraction of sp³-hybridized carbons (Fsp3) is 0.308. The predicted molar refractivity (Wildman–Crippen MR) is 64.7 cm³/mol. The summed E-state index contributed by atoms with van der Waals surface area (Å²) in [7, 11) is 1.55. The lowest BCUT2D eigenvalue weighted by atomic mass is 10.1. The van der Waals surface area contributed by atoms with Crippen molar-refractivity contribution in [1.29, 1.82) is 0 Å². The first kappa shape index (κ1) is 13.3. The van der Waals surface area contributed by atoms with Gasteiger partial charge in [0.1, 0.15) is 12.4 Å². The summed E-state index contributed by atoms with van der Waals surface area (Å²) in [6.45, 7) is 2.49. The maximum absolute atomic E-state index is 11.3. The van der Waals surface area contributed by atoms with Crippen LogP contribution in [0.1, 0.15) is 11.1 Å². The normalized spacial score (nSPS) is 10.7. The molecule has 0 aromatic heterocycles. The number of aromatic hydroxyl groups is 1. The van der Waals surface area contributed by atoms with E-state index in [0.29, 0.717) is 6.61 Å². The molecule has 0 atom stereocenters. The van der Waals surface area contributed by atoms with Gasteiger partial charge in [-0.25, -0.2) is 4.79 Å². The van der Waals surface area contributed by atoms with Crippen molar-refractivity contribution in [2.45, 2.75) is 6.92 Å². The molecule has 0 aliphatic heterocycles. The molecule has 0 saturated carbocycles. The number of esters is 1. The van der Waals surface area contributed by atoms with Crippen LogP contribution in [0.15, 0.2) is 24.3 Å². The second-order valence-electron chi connectivity index (χ2n) is 3.53. The van der Waals surface area contributed by atoms with Gasteiger partial charge in [0.2, 0.25) is 0 Å². The second kappa shape index (κ2) is 6.70. The van der Waals surface area contributed by atoms with Gasteiger partial charge in [-0.15, -0.1) is 0 Å². The van der Waals surface area contributed by atoms with Gasteiger partial charge in [0, 0.05) is 13.2 Å². The van der Waals surface area contributed by atoms with Crippen molar-refractivity contribution >= 4 is 12.0 Å². The molecule has 0 fully saturated rings. The van der Waals surface area contributed by atoms with Crippen LogP contribution in [-0.4, -0.2) is 31.4 Å². The number of ether oxygens (including phenoxy) is 2. The Bertz CT molecular complexity index is 410. The number of phenols is 1. The third-order valence-corrected chi connectivity index (χ3v) is 2.18. The molecule has 92 valence electrons. The van der Waals surface area contributed by atoms with E-state index in [1.54, 1.807) is 31.4 Å². The molecule has 1 aromatic carbocycles. The van der Waals surface area contributed by atoms with Crippen LogP contribution in [0.5, 0.6) is 5.75 Å². The highest BCUT2D eigenvalue weighted by molar-refractivity contribution is 5.87. The van der Waals surface area contributed by atoms with Gasteiger partial charge in [0.25, 0.3) is 0 Å². The summed E-state index contributed by atoms with van der Waals surface area (Å²) in [5.74, 6) is -0.197. The Morgan fingerprint density at radius 3 is 2.82 bits per heavy atom. The van der Waals surface area contributed by atoms with E-state index in [0.717, 1.165) is 11.1 Å². The van der Waals surface area contributed by atoms with E-state index in [-0.39, 0.29) is 12.4 Å². The van der Waals surface area contributed by atoms with Crippen LogP contribution in [-0.2, 0) is 14.3 Å². The number of hydrogen-bond donors (Lipinski definition) is 1. The maximum Gasteiger partial charge on any atom is 0.330 e. The Morgan fingerprint density at radius 2 is 2.18 bits per heavy atom. The van der Waals surface area contributed by atoms with Crippen molar-refractivity contribution in [2.24, 2.45) is 0 Å². The van der Waals surface area contributed by atoms with Crippen LogP contribution in [0.4, 0.5) is 0 Å². The summed E-state index contributed by atoms with van der Waals surface area (Å²) in [6, 6.07) is 4.95. The van der Waals surface area contributed by atoms with Gasteiger partial charge in [-0.05, 0) is 36.3 Å². The average molecular weight is 236 g/mol. The highest BCUT2D eigenvalue weighted by Gasteiger charge is 1.99. The number of benzene rings is 1. The third kappa shape index (κ3) is 4.70. The van der Waals surface area contributed by atoms with Crippen molar-refractivity contribution < 1.29 is 19.4 Å². The summed E-state index contributed by atoms with van der Waals surface area (Å²) in [4.78, 5) is 11.3. The number of rotatable bonds is 5. The number of hydrogen-bond acceptors (Lipinski definition) is 4. The maximum atomic E-state index is 11.3. The van der Waals surface area contributed by atoms with Crippen molar-refractivity contribution in [2.75, 3.05) is 20.3 Å². The number of methoxy groups -OCH3 is 1. The van der Waals surface area contributed by atoms with E-state index in [9.17, 15) is 9.90 Å². The standard InChI is InChI=1S/C13H16O4/c1-10-9-12(14)5-3-11(10)4-6-13(15)17-8-7-16-2/h3-6,9,14H,7-8H2,1-2H3. The average Bonchev–Trinajstić information content (AvgIpc) is 2.28. The van der Waals surface area contributed by atoms with Crippen molar-refractivity contribution in [3.8, 4) is 5.75 Å². The number of aryl methyl sites for hydroxylation is 1. The Kier molecular flexibility index (Phi) is 5.23. The molecule has 1 rings (SSSR count). The van der Waals surface area contributed by atoms with Crippen molar-refractivity contribution in [3.05, 3.63) is 35.4 Å². The summed E-state index contributed by atoms with van der Waals surface area (Å²) in [5, 5.41) is 9.23. The molecule has 0 aliphatic rings. The van der Waals surface area contributed by atoms with Crippen LogP contribution in [0.3, 0.4) is 0 Å². The third-order valence-electron chi connectivity index (χ3n) is 2.18. The van der Waals surface area contributed by atoms with Gasteiger partial charge in [-0.2, -0.15) is 0 Å². The first-order valence-electron chi connectivity index (χ1n) is 5.27. The molecular formula is C13H16O4. The quantitative estimate of drug-likeness (QED) is 0.482. The van der Waals surface area contributed by atoms with Crippen molar-refractivity contribution in [3.63, 3.8) is 0 Å². The summed E-state index contributed by atoms with van der Waals surface area (Å²) < 4.78 is 9.63. The fourth-order valence-corrected chi connectivity index (χ4v) is 1.28. The van der Waals surface area contributed by atoms with Gasteiger partial charge >= 0.3 is 5.97 Å². The van der Waals surface area contributed by atoms with Crippen LogP contribution < -0.4 is 0 Å². The molecular weight excluding hydrogens is 220 g/mol. The van der Waals surface area contributed by atoms with Crippen LogP contribution in [0.25, 0.3) is 6.08 Å². The van der Waals surface area contributed by atoms with E-state index < -0.39 is 5.97 Å². The largest absolute Gasteiger partial charge is 0.508 e. The molecule has 0 bridgehead atoms. The minimum atomic E-state index is -0.408. The van der Waals surface area contributed by atoms with Crippen molar-refractivity contribution in [1.82, 2.24) is 0 Å². The highest BCUT2D eigenvalue weighted by Crippen LogP contribution is 2.16. The minimum absolute atomic E-state index is 0.210. The fourth-order valence-electron chi connectivity index (χ4n) is 1.28. The van der Waals surface area contributed by atoms with E-state index in [1.807, 2.05) is 6.92 Å². The van der Waals surface area contributed by atoms with Gasteiger partial charge in [-0.1, -0.05) is 6.07 Å². The molecule has 1 aromatic rings. The zero-order chi connectivity index (χ0) is 12.7. The Hall–Kier alpha value is -1.81. The SMILES string of the molecule is COCCOC(=O)C=Cc1ccc(O)cc1C. The topological polar surface area (TPSA) is 55.8 Å². The van der Waals surface area contributed by atoms with E-state index in [4.69, 9.17) is 9.47 Å². The van der Waals surface area contributed by atoms with E-state index >= 15 is 0 Å². The van der Waals surface area contributed by atoms with Crippen LogP contribution in [0.2, 0.25) is 0 Å². The summed E-state index contributed by atoms with van der Waals surface area (Å²) in [5.41, 5.74) is 1.76. The van der Waals surface area contributed by atoms with E-state index in [2.05, 4.69) is 0 Å². The molecule has 4 nitrogen and oxygen atoms in total. The zero-order valence-electron chi connectivity index (χ0n) is 9.97. The molecule has 0 aliphatic carbocycles. The van der Waals surface area contributed by atoms with Gasteiger partial charge in [-0.3, -0.25) is 0 Å².